The number of aliphatic hydroxyl groups excluding tert-OH is 1. The Morgan fingerprint density at radius 2 is 2.25 bits per heavy atom. The molecular formula is C15H24O. The highest BCUT2D eigenvalue weighted by atomic mass is 16.3. The lowest BCUT2D eigenvalue weighted by molar-refractivity contribution is 0.0336. The lowest BCUT2D eigenvalue weighted by Crippen LogP contribution is -2.44. The molecule has 2 aliphatic rings. The van der Waals surface area contributed by atoms with Crippen molar-refractivity contribution in [3.05, 3.63) is 24.3 Å². The van der Waals surface area contributed by atoms with E-state index in [-0.39, 0.29) is 17.4 Å². The van der Waals surface area contributed by atoms with Crippen LogP contribution in [0.2, 0.25) is 0 Å². The second kappa shape index (κ2) is 3.73. The van der Waals surface area contributed by atoms with Crippen LogP contribution in [0.5, 0.6) is 0 Å². The Morgan fingerprint density at radius 1 is 1.56 bits per heavy atom. The molecule has 2 bridgehead atoms. The van der Waals surface area contributed by atoms with Crippen LogP contribution in [0.3, 0.4) is 0 Å². The minimum absolute atomic E-state index is 0.0169. The van der Waals surface area contributed by atoms with E-state index < -0.39 is 0 Å². The Labute approximate surface area is 99.3 Å². The molecule has 1 nitrogen and oxygen atoms in total. The highest BCUT2D eigenvalue weighted by Crippen LogP contribution is 2.55. The summed E-state index contributed by atoms with van der Waals surface area (Å²) in [7, 11) is 0. The SMILES string of the molecule is C=CC1(C)CCC2CC1C(C)=CC2(C)CO. The molecule has 16 heavy (non-hydrogen) atoms. The Bertz CT molecular complexity index is 330. The molecule has 0 aliphatic heterocycles. The molecule has 0 heterocycles. The first-order valence-electron chi connectivity index (χ1n) is 6.39. The average molecular weight is 220 g/mol. The largest absolute Gasteiger partial charge is 0.395 e. The van der Waals surface area contributed by atoms with Crippen molar-refractivity contribution in [2.75, 3.05) is 6.61 Å². The third-order valence-corrected chi connectivity index (χ3v) is 5.19. The molecule has 0 saturated heterocycles. The van der Waals surface area contributed by atoms with Crippen molar-refractivity contribution >= 4 is 0 Å². The molecule has 0 aromatic rings. The summed E-state index contributed by atoms with van der Waals surface area (Å²) in [4.78, 5) is 0. The van der Waals surface area contributed by atoms with Crippen LogP contribution in [-0.2, 0) is 0 Å². The predicted octanol–water partition coefficient (Wildman–Crippen LogP) is 3.55. The van der Waals surface area contributed by atoms with Crippen LogP contribution in [0.1, 0.15) is 40.0 Å². The normalized spacial score (nSPS) is 47.4. The van der Waals surface area contributed by atoms with Crippen LogP contribution in [0.15, 0.2) is 24.3 Å². The lowest BCUT2D eigenvalue weighted by Gasteiger charge is -2.52. The van der Waals surface area contributed by atoms with Gasteiger partial charge >= 0.3 is 0 Å². The van der Waals surface area contributed by atoms with Gasteiger partial charge in [-0.3, -0.25) is 0 Å². The van der Waals surface area contributed by atoms with Crippen molar-refractivity contribution in [1.82, 2.24) is 0 Å². The maximum absolute atomic E-state index is 9.60. The summed E-state index contributed by atoms with van der Waals surface area (Å²) in [5.74, 6) is 1.29. The second-order valence-corrected chi connectivity index (χ2v) is 6.29. The Morgan fingerprint density at radius 3 is 2.81 bits per heavy atom. The molecular weight excluding hydrogens is 196 g/mol. The van der Waals surface area contributed by atoms with E-state index in [9.17, 15) is 5.11 Å². The first kappa shape index (κ1) is 11.9. The molecule has 0 spiro atoms. The second-order valence-electron chi connectivity index (χ2n) is 6.29. The fourth-order valence-electron chi connectivity index (χ4n) is 3.79. The van der Waals surface area contributed by atoms with Gasteiger partial charge in [0.05, 0.1) is 6.61 Å². The van der Waals surface area contributed by atoms with Gasteiger partial charge < -0.3 is 5.11 Å². The van der Waals surface area contributed by atoms with Gasteiger partial charge in [0.15, 0.2) is 0 Å². The van der Waals surface area contributed by atoms with Crippen molar-refractivity contribution in [2.24, 2.45) is 22.7 Å². The summed E-state index contributed by atoms with van der Waals surface area (Å²) in [5.41, 5.74) is 1.74. The molecule has 0 radical (unpaired) electrons. The standard InChI is InChI=1S/C15H24O/c1-5-14(3)7-6-12-8-13(14)11(2)9-15(12,4)10-16/h5,9,12-13,16H,1,6-8,10H2,2-4H3. The lowest BCUT2D eigenvalue weighted by atomic mass is 9.53. The van der Waals surface area contributed by atoms with E-state index in [1.54, 1.807) is 0 Å². The van der Waals surface area contributed by atoms with Gasteiger partial charge in [-0.05, 0) is 43.4 Å². The zero-order valence-electron chi connectivity index (χ0n) is 10.8. The van der Waals surface area contributed by atoms with Gasteiger partial charge in [-0.2, -0.15) is 0 Å². The van der Waals surface area contributed by atoms with E-state index in [0.717, 1.165) is 0 Å². The van der Waals surface area contributed by atoms with Crippen LogP contribution in [0, 0.1) is 22.7 Å². The maximum Gasteiger partial charge on any atom is 0.0522 e. The number of hydrogen-bond acceptors (Lipinski definition) is 1. The fourth-order valence-corrected chi connectivity index (χ4v) is 3.79. The summed E-state index contributed by atoms with van der Waals surface area (Å²) < 4.78 is 0. The number of fused-ring (bicyclic) bond motifs is 2. The summed E-state index contributed by atoms with van der Waals surface area (Å²) >= 11 is 0. The zero-order valence-corrected chi connectivity index (χ0v) is 10.8. The zero-order chi connectivity index (χ0) is 12.0. The summed E-state index contributed by atoms with van der Waals surface area (Å²) in [6.45, 7) is 11.1. The van der Waals surface area contributed by atoms with E-state index in [2.05, 4.69) is 39.5 Å². The van der Waals surface area contributed by atoms with Crippen LogP contribution in [-0.4, -0.2) is 11.7 Å². The monoisotopic (exact) mass is 220 g/mol. The van der Waals surface area contributed by atoms with Crippen molar-refractivity contribution in [3.63, 3.8) is 0 Å². The van der Waals surface area contributed by atoms with E-state index in [1.807, 2.05) is 0 Å². The third-order valence-electron chi connectivity index (χ3n) is 5.19. The Hall–Kier alpha value is -0.560. The minimum Gasteiger partial charge on any atom is -0.395 e. The maximum atomic E-state index is 9.60. The molecule has 2 aliphatic carbocycles. The molecule has 4 unspecified atom stereocenters. The molecule has 4 atom stereocenters. The Kier molecular flexibility index (Phi) is 2.78. The van der Waals surface area contributed by atoms with Gasteiger partial charge in [0.2, 0.25) is 0 Å². The van der Waals surface area contributed by atoms with E-state index in [0.29, 0.717) is 11.8 Å². The molecule has 0 amide bonds. The number of aliphatic hydroxyl groups is 1. The number of allylic oxidation sites excluding steroid dienone is 2. The molecule has 1 heteroatoms. The van der Waals surface area contributed by atoms with Gasteiger partial charge in [-0.25, -0.2) is 0 Å². The van der Waals surface area contributed by atoms with E-state index in [4.69, 9.17) is 0 Å². The van der Waals surface area contributed by atoms with Gasteiger partial charge in [0.1, 0.15) is 0 Å². The van der Waals surface area contributed by atoms with E-state index in [1.165, 1.54) is 24.8 Å². The molecule has 1 fully saturated rings. The van der Waals surface area contributed by atoms with Crippen molar-refractivity contribution in [2.45, 2.75) is 40.0 Å². The summed E-state index contributed by atoms with van der Waals surface area (Å²) in [6.07, 6.45) is 8.13. The first-order chi connectivity index (χ1) is 7.45. The quantitative estimate of drug-likeness (QED) is 0.706. The molecule has 90 valence electrons. The van der Waals surface area contributed by atoms with Crippen molar-refractivity contribution in [3.8, 4) is 0 Å². The molecule has 0 aromatic carbocycles. The van der Waals surface area contributed by atoms with Crippen LogP contribution in [0.4, 0.5) is 0 Å². The summed E-state index contributed by atoms with van der Waals surface area (Å²) in [6, 6.07) is 0. The van der Waals surface area contributed by atoms with Crippen LogP contribution < -0.4 is 0 Å². The molecule has 1 saturated carbocycles. The van der Waals surface area contributed by atoms with Gasteiger partial charge in [-0.15, -0.1) is 6.58 Å². The number of hydrogen-bond donors (Lipinski definition) is 1. The van der Waals surface area contributed by atoms with Gasteiger partial charge in [0.25, 0.3) is 0 Å². The first-order valence-corrected chi connectivity index (χ1v) is 6.39. The topological polar surface area (TPSA) is 20.2 Å². The van der Waals surface area contributed by atoms with Crippen molar-refractivity contribution in [1.29, 1.82) is 0 Å². The third kappa shape index (κ3) is 1.57. The Balaban J connectivity index is 2.38. The highest BCUT2D eigenvalue weighted by Gasteiger charge is 2.47. The van der Waals surface area contributed by atoms with E-state index >= 15 is 0 Å². The smallest absolute Gasteiger partial charge is 0.0522 e. The van der Waals surface area contributed by atoms with Crippen LogP contribution >= 0.6 is 0 Å². The van der Waals surface area contributed by atoms with Crippen molar-refractivity contribution < 1.29 is 5.11 Å². The molecule has 1 N–H and O–H groups in total. The summed E-state index contributed by atoms with van der Waals surface area (Å²) in [5, 5.41) is 9.60. The highest BCUT2D eigenvalue weighted by molar-refractivity contribution is 5.23. The minimum atomic E-state index is 0.0169. The average Bonchev–Trinajstić information content (AvgIpc) is 2.28. The molecule has 0 aromatic heterocycles. The number of rotatable bonds is 2. The van der Waals surface area contributed by atoms with Crippen LogP contribution in [0.25, 0.3) is 0 Å². The van der Waals surface area contributed by atoms with Gasteiger partial charge in [0, 0.05) is 5.41 Å². The predicted molar refractivity (Wildman–Crippen MR) is 68.1 cm³/mol. The van der Waals surface area contributed by atoms with Gasteiger partial charge in [-0.1, -0.05) is 31.6 Å². The molecule has 2 rings (SSSR count). The fraction of sp³-hybridized carbons (Fsp3) is 0.733.